The number of hydrogen-bond donors (Lipinski definition) is 2. The first-order valence-electron chi connectivity index (χ1n) is 7.38. The summed E-state index contributed by atoms with van der Waals surface area (Å²) in [5.41, 5.74) is 5.43. The summed E-state index contributed by atoms with van der Waals surface area (Å²) in [4.78, 5) is 46.8. The Morgan fingerprint density at radius 3 is 2.48 bits per heavy atom. The molecule has 1 atom stereocenters. The topological polar surface area (TPSA) is 106 Å². The normalized spacial score (nSPS) is 11.4. The Morgan fingerprint density at radius 2 is 1.88 bits per heavy atom. The van der Waals surface area contributed by atoms with Crippen LogP contribution in [-0.2, 0) is 20.9 Å². The minimum Gasteiger partial charge on any atom is -0.451 e. The summed E-state index contributed by atoms with van der Waals surface area (Å²) in [7, 11) is 0. The first-order chi connectivity index (χ1) is 11.9. The van der Waals surface area contributed by atoms with Gasteiger partial charge in [-0.3, -0.25) is 34.6 Å². The zero-order valence-corrected chi connectivity index (χ0v) is 14.5. The highest BCUT2D eigenvalue weighted by Gasteiger charge is 2.19. The molecule has 2 N–H and O–H groups in total. The van der Waals surface area contributed by atoms with Crippen molar-refractivity contribution in [1.82, 2.24) is 15.4 Å². The molecular formula is C16H17N3O5S. The number of benzene rings is 1. The van der Waals surface area contributed by atoms with Crippen LogP contribution in [0.4, 0.5) is 0 Å². The van der Waals surface area contributed by atoms with E-state index in [9.17, 15) is 19.2 Å². The van der Waals surface area contributed by atoms with Crippen molar-refractivity contribution in [2.45, 2.75) is 26.5 Å². The van der Waals surface area contributed by atoms with Crippen molar-refractivity contribution in [3.05, 3.63) is 56.6 Å². The van der Waals surface area contributed by atoms with Gasteiger partial charge >= 0.3 is 10.8 Å². The average Bonchev–Trinajstić information content (AvgIpc) is 2.91. The number of hydrazine groups is 1. The molecule has 25 heavy (non-hydrogen) atoms. The fourth-order valence-electron chi connectivity index (χ4n) is 1.89. The molecular weight excluding hydrogens is 346 g/mol. The standard InChI is InChI=1S/C16H17N3O5S/c1-10-9-25-16(23)19(10)8-13(20)24-11(2)14(21)17-18-15(22)12-6-4-3-5-7-12/h3-7,9,11H,8H2,1-2H3,(H,17,21)(H,18,22)/t11-/m1/s1. The predicted octanol–water partition coefficient (Wildman–Crippen LogP) is 0.611. The lowest BCUT2D eigenvalue weighted by Crippen LogP contribution is -2.47. The monoisotopic (exact) mass is 363 g/mol. The Morgan fingerprint density at radius 1 is 1.20 bits per heavy atom. The lowest BCUT2D eigenvalue weighted by Gasteiger charge is -2.14. The fraction of sp³-hybridized carbons (Fsp3) is 0.250. The lowest BCUT2D eigenvalue weighted by molar-refractivity contribution is -0.155. The molecule has 0 aliphatic heterocycles. The SMILES string of the molecule is Cc1csc(=O)n1CC(=O)O[C@H](C)C(=O)NNC(=O)c1ccccc1. The summed E-state index contributed by atoms with van der Waals surface area (Å²) in [6, 6.07) is 8.32. The molecule has 8 nitrogen and oxygen atoms in total. The smallest absolute Gasteiger partial charge is 0.326 e. The van der Waals surface area contributed by atoms with E-state index in [-0.39, 0.29) is 11.4 Å². The van der Waals surface area contributed by atoms with Crippen molar-refractivity contribution in [3.63, 3.8) is 0 Å². The van der Waals surface area contributed by atoms with Gasteiger partial charge < -0.3 is 4.74 Å². The Kier molecular flexibility index (Phi) is 6.07. The molecule has 132 valence electrons. The molecule has 0 spiro atoms. The van der Waals surface area contributed by atoms with Crippen molar-refractivity contribution in [2.75, 3.05) is 0 Å². The van der Waals surface area contributed by atoms with Crippen molar-refractivity contribution in [3.8, 4) is 0 Å². The number of nitrogens with one attached hydrogen (secondary N) is 2. The third-order valence-electron chi connectivity index (χ3n) is 3.28. The summed E-state index contributed by atoms with van der Waals surface area (Å²) in [6.45, 7) is 2.79. The number of amides is 2. The molecule has 1 aromatic carbocycles. The van der Waals surface area contributed by atoms with E-state index in [0.29, 0.717) is 11.3 Å². The number of thiazole rings is 1. The Bertz CT molecular complexity index is 828. The third kappa shape index (κ3) is 5.01. The van der Waals surface area contributed by atoms with Gasteiger partial charge in [0.25, 0.3) is 11.8 Å². The molecule has 1 aromatic heterocycles. The van der Waals surface area contributed by atoms with Crippen LogP contribution in [0.1, 0.15) is 23.0 Å². The first-order valence-corrected chi connectivity index (χ1v) is 8.26. The van der Waals surface area contributed by atoms with Crippen LogP contribution in [-0.4, -0.2) is 28.5 Å². The first kappa shape index (κ1) is 18.4. The summed E-state index contributed by atoms with van der Waals surface area (Å²) >= 11 is 0.980. The van der Waals surface area contributed by atoms with Crippen LogP contribution in [0.25, 0.3) is 0 Å². The van der Waals surface area contributed by atoms with E-state index in [2.05, 4.69) is 10.9 Å². The molecule has 0 saturated heterocycles. The maximum absolute atomic E-state index is 11.9. The zero-order chi connectivity index (χ0) is 18.4. The molecule has 1 heterocycles. The Labute approximate surface area is 147 Å². The van der Waals surface area contributed by atoms with Crippen LogP contribution in [0, 0.1) is 6.92 Å². The van der Waals surface area contributed by atoms with Gasteiger partial charge in [-0.15, -0.1) is 0 Å². The van der Waals surface area contributed by atoms with Gasteiger partial charge in [-0.25, -0.2) is 0 Å². The predicted molar refractivity (Wildman–Crippen MR) is 90.9 cm³/mol. The lowest BCUT2D eigenvalue weighted by atomic mass is 10.2. The van der Waals surface area contributed by atoms with Crippen molar-refractivity contribution in [1.29, 1.82) is 0 Å². The molecule has 0 bridgehead atoms. The van der Waals surface area contributed by atoms with Gasteiger partial charge in [0.1, 0.15) is 6.54 Å². The van der Waals surface area contributed by atoms with Gasteiger partial charge in [-0.1, -0.05) is 29.5 Å². The summed E-state index contributed by atoms with van der Waals surface area (Å²) in [5, 5.41) is 1.63. The third-order valence-corrected chi connectivity index (χ3v) is 4.16. The summed E-state index contributed by atoms with van der Waals surface area (Å²) < 4.78 is 6.23. The van der Waals surface area contributed by atoms with E-state index < -0.39 is 23.9 Å². The minimum absolute atomic E-state index is 0.276. The minimum atomic E-state index is -1.13. The largest absolute Gasteiger partial charge is 0.451 e. The number of carbonyl (C=O) groups excluding carboxylic acids is 3. The number of aryl methyl sites for hydroxylation is 1. The molecule has 0 unspecified atom stereocenters. The Hall–Kier alpha value is -2.94. The van der Waals surface area contributed by atoms with Crippen molar-refractivity contribution >= 4 is 29.1 Å². The van der Waals surface area contributed by atoms with Gasteiger partial charge in [0.05, 0.1) is 0 Å². The molecule has 2 rings (SSSR count). The van der Waals surface area contributed by atoms with E-state index >= 15 is 0 Å². The quantitative estimate of drug-likeness (QED) is 0.598. The molecule has 0 radical (unpaired) electrons. The fourth-order valence-corrected chi connectivity index (χ4v) is 2.63. The van der Waals surface area contributed by atoms with Gasteiger partial charge in [0, 0.05) is 16.6 Å². The van der Waals surface area contributed by atoms with E-state index in [1.54, 1.807) is 42.6 Å². The molecule has 0 saturated carbocycles. The van der Waals surface area contributed by atoms with Gasteiger partial charge in [0.15, 0.2) is 6.10 Å². The van der Waals surface area contributed by atoms with Crippen LogP contribution in [0.15, 0.2) is 40.5 Å². The number of nitrogens with zero attached hydrogens (tertiary/aromatic N) is 1. The van der Waals surface area contributed by atoms with Crippen LogP contribution >= 0.6 is 11.3 Å². The summed E-state index contributed by atoms with van der Waals surface area (Å²) in [6.07, 6.45) is -1.13. The Balaban J connectivity index is 1.82. The van der Waals surface area contributed by atoms with E-state index in [4.69, 9.17) is 4.74 Å². The van der Waals surface area contributed by atoms with Crippen LogP contribution < -0.4 is 15.7 Å². The van der Waals surface area contributed by atoms with Crippen LogP contribution in [0.3, 0.4) is 0 Å². The average molecular weight is 363 g/mol. The highest BCUT2D eigenvalue weighted by molar-refractivity contribution is 7.07. The highest BCUT2D eigenvalue weighted by Crippen LogP contribution is 2.01. The maximum atomic E-state index is 11.9. The van der Waals surface area contributed by atoms with Crippen molar-refractivity contribution in [2.24, 2.45) is 0 Å². The van der Waals surface area contributed by atoms with Gasteiger partial charge in [0.2, 0.25) is 0 Å². The number of ether oxygens (including phenoxy) is 1. The second-order valence-electron chi connectivity index (χ2n) is 5.17. The second kappa shape index (κ2) is 8.25. The number of aromatic nitrogens is 1. The number of carbonyl (C=O) groups is 3. The highest BCUT2D eigenvalue weighted by atomic mass is 32.1. The summed E-state index contributed by atoms with van der Waals surface area (Å²) in [5.74, 6) is -1.90. The van der Waals surface area contributed by atoms with Gasteiger partial charge in [-0.05, 0) is 26.0 Å². The zero-order valence-electron chi connectivity index (χ0n) is 13.6. The van der Waals surface area contributed by atoms with E-state index in [0.717, 1.165) is 11.3 Å². The molecule has 0 aliphatic carbocycles. The molecule has 2 amide bonds. The molecule has 9 heteroatoms. The van der Waals surface area contributed by atoms with E-state index in [1.807, 2.05) is 0 Å². The van der Waals surface area contributed by atoms with Crippen LogP contribution in [0.5, 0.6) is 0 Å². The van der Waals surface area contributed by atoms with Crippen molar-refractivity contribution < 1.29 is 19.1 Å². The van der Waals surface area contributed by atoms with Crippen LogP contribution in [0.2, 0.25) is 0 Å². The number of hydrogen-bond acceptors (Lipinski definition) is 6. The molecule has 0 fully saturated rings. The maximum Gasteiger partial charge on any atom is 0.326 e. The molecule has 0 aliphatic rings. The van der Waals surface area contributed by atoms with Gasteiger partial charge in [-0.2, -0.15) is 0 Å². The number of esters is 1. The molecule has 2 aromatic rings. The second-order valence-corrected chi connectivity index (χ2v) is 5.99. The van der Waals surface area contributed by atoms with E-state index in [1.165, 1.54) is 11.5 Å². The number of rotatable bonds is 5.